The fourth-order valence-electron chi connectivity index (χ4n) is 6.15. The summed E-state index contributed by atoms with van der Waals surface area (Å²) in [6.45, 7) is 7.18. The van der Waals surface area contributed by atoms with Crippen molar-refractivity contribution < 1.29 is 35.2 Å². The van der Waals surface area contributed by atoms with Crippen molar-refractivity contribution in [2.45, 2.75) is 55.6 Å². The number of alkyl halides is 3. The van der Waals surface area contributed by atoms with Gasteiger partial charge in [0.25, 0.3) is 0 Å². The quantitative estimate of drug-likeness (QED) is 0.205. The van der Waals surface area contributed by atoms with E-state index in [1.54, 1.807) is 11.8 Å². The number of halogens is 5. The summed E-state index contributed by atoms with van der Waals surface area (Å²) in [5.41, 5.74) is -5.28. The molecule has 4 heterocycles. The number of pyridine rings is 2. The Bertz CT molecular complexity index is 2150. The molecule has 1 amide bonds. The maximum atomic E-state index is 16.1. The Kier molecular flexibility index (Phi) is 8.34. The maximum Gasteiger partial charge on any atom is 0.417 e. The van der Waals surface area contributed by atoms with Gasteiger partial charge >= 0.3 is 11.9 Å². The highest BCUT2D eigenvalue weighted by Gasteiger charge is 2.39. The summed E-state index contributed by atoms with van der Waals surface area (Å²) in [6, 6.07) is 3.88. The van der Waals surface area contributed by atoms with Gasteiger partial charge in [-0.2, -0.15) is 18.2 Å². The number of aryl methyl sites for hydroxylation is 1. The molecule has 0 spiro atoms. The normalized spacial score (nSPS) is 17.4. The third-order valence-corrected chi connectivity index (χ3v) is 11.0. The van der Waals surface area contributed by atoms with E-state index in [0.29, 0.717) is 25.3 Å². The van der Waals surface area contributed by atoms with Crippen LogP contribution < -0.4 is 10.6 Å². The second kappa shape index (κ2) is 12.1. The molecule has 16 heteroatoms. The molecule has 3 aromatic heterocycles. The van der Waals surface area contributed by atoms with Gasteiger partial charge in [0.15, 0.2) is 16.5 Å². The van der Waals surface area contributed by atoms with Crippen molar-refractivity contribution in [1.29, 1.82) is 0 Å². The van der Waals surface area contributed by atoms with Crippen molar-refractivity contribution in [1.82, 2.24) is 24.4 Å². The van der Waals surface area contributed by atoms with E-state index in [1.807, 2.05) is 0 Å². The molecule has 2 aliphatic rings. The molecule has 1 aromatic carbocycles. The molecular formula is C32H29F5N6O4S. The molecule has 252 valence electrons. The number of rotatable bonds is 6. The smallest absolute Gasteiger partial charge is 0.350 e. The SMILES string of the molecule is C=CC(=O)N1CCN(c2nc(=O)n(-c3c(C)ccnc3S(=O)(=O)C3CCC3)c3nc(-c4c(F)cccc4C(F)(F)F)c(F)cc23)[C@@H](C)C1. The van der Waals surface area contributed by atoms with Gasteiger partial charge in [-0.3, -0.25) is 4.79 Å². The molecular weight excluding hydrogens is 659 g/mol. The molecule has 48 heavy (non-hydrogen) atoms. The van der Waals surface area contributed by atoms with E-state index in [4.69, 9.17) is 0 Å². The molecule has 1 atom stereocenters. The Morgan fingerprint density at radius 1 is 1.08 bits per heavy atom. The first kappa shape index (κ1) is 33.2. The highest BCUT2D eigenvalue weighted by atomic mass is 32.2. The van der Waals surface area contributed by atoms with E-state index in [2.05, 4.69) is 21.5 Å². The predicted octanol–water partition coefficient (Wildman–Crippen LogP) is 5.00. The van der Waals surface area contributed by atoms with Crippen LogP contribution >= 0.6 is 0 Å². The van der Waals surface area contributed by atoms with Crippen molar-refractivity contribution in [2.24, 2.45) is 0 Å². The molecule has 1 saturated carbocycles. The lowest BCUT2D eigenvalue weighted by atomic mass is 10.00. The van der Waals surface area contributed by atoms with Crippen LogP contribution in [0.3, 0.4) is 0 Å². The number of hydrogen-bond acceptors (Lipinski definition) is 8. The van der Waals surface area contributed by atoms with Crippen LogP contribution in [0.2, 0.25) is 0 Å². The minimum absolute atomic E-state index is 0.100. The summed E-state index contributed by atoms with van der Waals surface area (Å²) in [5.74, 6) is -3.19. The lowest BCUT2D eigenvalue weighted by molar-refractivity contribution is -0.137. The largest absolute Gasteiger partial charge is 0.417 e. The molecule has 1 saturated heterocycles. The fourth-order valence-corrected chi connectivity index (χ4v) is 8.15. The topological polar surface area (TPSA) is 118 Å². The molecule has 1 aliphatic heterocycles. The second-order valence-electron chi connectivity index (χ2n) is 11.8. The summed E-state index contributed by atoms with van der Waals surface area (Å²) < 4.78 is 102. The Morgan fingerprint density at radius 3 is 2.44 bits per heavy atom. The van der Waals surface area contributed by atoms with E-state index in [9.17, 15) is 31.2 Å². The van der Waals surface area contributed by atoms with Gasteiger partial charge in [0, 0.05) is 31.9 Å². The molecule has 4 aromatic rings. The minimum Gasteiger partial charge on any atom is -0.350 e. The molecule has 6 rings (SSSR count). The van der Waals surface area contributed by atoms with E-state index >= 15 is 8.78 Å². The summed E-state index contributed by atoms with van der Waals surface area (Å²) in [7, 11) is -4.11. The lowest BCUT2D eigenvalue weighted by Gasteiger charge is -2.40. The van der Waals surface area contributed by atoms with Gasteiger partial charge in [0.05, 0.1) is 27.5 Å². The van der Waals surface area contributed by atoms with Crippen LogP contribution in [-0.2, 0) is 20.8 Å². The average molecular weight is 689 g/mol. The zero-order chi connectivity index (χ0) is 34.7. The zero-order valence-electron chi connectivity index (χ0n) is 25.8. The van der Waals surface area contributed by atoms with Crippen LogP contribution in [0.1, 0.15) is 37.3 Å². The van der Waals surface area contributed by atoms with Gasteiger partial charge in [-0.25, -0.2) is 36.5 Å². The van der Waals surface area contributed by atoms with Gasteiger partial charge in [-0.05, 0) is 62.6 Å². The second-order valence-corrected chi connectivity index (χ2v) is 14.0. The summed E-state index contributed by atoms with van der Waals surface area (Å²) in [6.07, 6.45) is -1.30. The standard InChI is InChI=1S/C32H29F5N6O4S/c1-4-24(44)41-13-14-42(18(3)16-41)28-20-15-23(34)26(25-21(32(35,36)37)9-6-10-22(25)33)39-29(20)43(31(45)40-28)27-17(2)11-12-38-30(27)48(46,47)19-7-5-8-19/h4,6,9-12,15,18-19H,1,5,7-8,13-14,16H2,2-3H3/t18-/m0/s1. The number of hydrogen-bond donors (Lipinski definition) is 0. The van der Waals surface area contributed by atoms with Gasteiger partial charge < -0.3 is 9.80 Å². The molecule has 0 bridgehead atoms. The van der Waals surface area contributed by atoms with Gasteiger partial charge in [0.1, 0.15) is 17.3 Å². The zero-order valence-corrected chi connectivity index (χ0v) is 26.6. The van der Waals surface area contributed by atoms with Crippen LogP contribution in [0, 0.1) is 18.6 Å². The number of anilines is 1. The van der Waals surface area contributed by atoms with Crippen molar-refractivity contribution in [2.75, 3.05) is 24.5 Å². The van der Waals surface area contributed by atoms with Crippen LogP contribution in [0.5, 0.6) is 0 Å². The molecule has 2 fully saturated rings. The highest BCUT2D eigenvalue weighted by molar-refractivity contribution is 7.92. The number of aromatic nitrogens is 4. The van der Waals surface area contributed by atoms with Crippen LogP contribution in [0.25, 0.3) is 28.0 Å². The minimum atomic E-state index is -5.11. The number of nitrogens with zero attached hydrogens (tertiary/aromatic N) is 6. The van der Waals surface area contributed by atoms with E-state index in [-0.39, 0.29) is 48.0 Å². The maximum absolute atomic E-state index is 16.1. The third kappa shape index (κ3) is 5.50. The summed E-state index contributed by atoms with van der Waals surface area (Å²) in [4.78, 5) is 42.0. The van der Waals surface area contributed by atoms with E-state index in [0.717, 1.165) is 28.8 Å². The van der Waals surface area contributed by atoms with E-state index < -0.39 is 72.1 Å². The number of piperazine rings is 1. The van der Waals surface area contributed by atoms with Gasteiger partial charge in [-0.15, -0.1) is 0 Å². The number of fused-ring (bicyclic) bond motifs is 1. The third-order valence-electron chi connectivity index (χ3n) is 8.82. The summed E-state index contributed by atoms with van der Waals surface area (Å²) >= 11 is 0. The molecule has 0 unspecified atom stereocenters. The molecule has 0 radical (unpaired) electrons. The van der Waals surface area contributed by atoms with Crippen molar-refractivity contribution in [3.8, 4) is 16.9 Å². The Balaban J connectivity index is 1.68. The molecule has 1 aliphatic carbocycles. The van der Waals surface area contributed by atoms with Gasteiger partial charge in [-0.1, -0.05) is 19.1 Å². The number of benzene rings is 1. The van der Waals surface area contributed by atoms with E-state index in [1.165, 1.54) is 24.1 Å². The first-order chi connectivity index (χ1) is 22.6. The molecule has 0 N–H and O–H groups in total. The van der Waals surface area contributed by atoms with Crippen molar-refractivity contribution >= 4 is 32.6 Å². The Labute approximate surface area is 271 Å². The lowest BCUT2D eigenvalue weighted by Crippen LogP contribution is -2.54. The Morgan fingerprint density at radius 2 is 1.81 bits per heavy atom. The fraction of sp³-hybridized carbons (Fsp3) is 0.344. The summed E-state index contributed by atoms with van der Waals surface area (Å²) in [5, 5.41) is -1.40. The predicted molar refractivity (Wildman–Crippen MR) is 166 cm³/mol. The van der Waals surface area contributed by atoms with Crippen molar-refractivity contribution in [3.05, 3.63) is 82.4 Å². The van der Waals surface area contributed by atoms with Gasteiger partial charge in [0.2, 0.25) is 15.7 Å². The number of carbonyl (C=O) groups is 1. The van der Waals surface area contributed by atoms with Crippen LogP contribution in [-0.4, -0.2) is 69.7 Å². The number of sulfone groups is 1. The number of amides is 1. The number of carbonyl (C=O) groups excluding carboxylic acids is 1. The first-order valence-electron chi connectivity index (χ1n) is 15.0. The highest BCUT2D eigenvalue weighted by Crippen LogP contribution is 2.41. The average Bonchev–Trinajstić information content (AvgIpc) is 2.99. The van der Waals surface area contributed by atoms with Crippen molar-refractivity contribution in [3.63, 3.8) is 0 Å². The van der Waals surface area contributed by atoms with Crippen LogP contribution in [0.15, 0.2) is 59.0 Å². The Hall–Kier alpha value is -4.73. The monoisotopic (exact) mass is 688 g/mol. The van der Waals surface area contributed by atoms with Crippen LogP contribution in [0.4, 0.5) is 27.8 Å². The molecule has 10 nitrogen and oxygen atoms in total. The first-order valence-corrected chi connectivity index (χ1v) is 16.6.